The Labute approximate surface area is 108 Å². The Morgan fingerprint density at radius 3 is 2.47 bits per heavy atom. The van der Waals surface area contributed by atoms with Gasteiger partial charge < -0.3 is 5.11 Å². The summed E-state index contributed by atoms with van der Waals surface area (Å²) in [5.74, 6) is -0.835. The molecule has 1 N–H and O–H groups in total. The van der Waals surface area contributed by atoms with Crippen LogP contribution in [0.25, 0.3) is 0 Å². The highest BCUT2D eigenvalue weighted by Crippen LogP contribution is 2.42. The molecule has 1 nitrogen and oxygen atoms in total. The smallest absolute Gasteiger partial charge is 0.146 e. The highest BCUT2D eigenvalue weighted by atomic mass is 79.9. The normalized spacial score (nSPS) is 29.4. The molecule has 0 bridgehead atoms. The fraction of sp³-hybridized carbons (Fsp3) is 0.538. The molecule has 2 rings (SSSR count). The summed E-state index contributed by atoms with van der Waals surface area (Å²) in [7, 11) is 0. The van der Waals surface area contributed by atoms with Gasteiger partial charge in [0.05, 0.1) is 15.6 Å². The molecule has 0 radical (unpaired) electrons. The van der Waals surface area contributed by atoms with Crippen LogP contribution in [0.3, 0.4) is 0 Å². The molecule has 0 aliphatic heterocycles. The van der Waals surface area contributed by atoms with E-state index in [1.54, 1.807) is 0 Å². The quantitative estimate of drug-likeness (QED) is 0.774. The lowest BCUT2D eigenvalue weighted by atomic mass is 9.75. The predicted octanol–water partition coefficient (Wildman–Crippen LogP) is 4.13. The molecule has 1 aliphatic rings. The second-order valence-corrected chi connectivity index (χ2v) is 5.79. The van der Waals surface area contributed by atoms with Crippen molar-refractivity contribution in [3.63, 3.8) is 0 Å². The van der Waals surface area contributed by atoms with E-state index in [2.05, 4.69) is 22.9 Å². The second kappa shape index (κ2) is 4.65. The van der Waals surface area contributed by atoms with Crippen molar-refractivity contribution >= 4 is 15.9 Å². The molecule has 0 amide bonds. The molecular weight excluding hydrogens is 290 g/mol. The summed E-state index contributed by atoms with van der Waals surface area (Å²) in [5.41, 5.74) is -1.54. The van der Waals surface area contributed by atoms with Crippen molar-refractivity contribution in [3.05, 3.63) is 33.8 Å². The van der Waals surface area contributed by atoms with Gasteiger partial charge in [0.15, 0.2) is 0 Å². The highest BCUT2D eigenvalue weighted by molar-refractivity contribution is 9.10. The van der Waals surface area contributed by atoms with Crippen molar-refractivity contribution < 1.29 is 13.9 Å². The molecule has 0 heterocycles. The third-order valence-corrected chi connectivity index (χ3v) is 4.22. The summed E-state index contributed by atoms with van der Waals surface area (Å²) in [5, 5.41) is 10.4. The van der Waals surface area contributed by atoms with Gasteiger partial charge in [0.1, 0.15) is 11.6 Å². The van der Waals surface area contributed by atoms with Gasteiger partial charge >= 0.3 is 0 Å². The number of benzene rings is 1. The van der Waals surface area contributed by atoms with Crippen LogP contribution in [0.2, 0.25) is 0 Å². The Morgan fingerprint density at radius 2 is 1.88 bits per heavy atom. The number of halogens is 3. The molecule has 1 fully saturated rings. The maximum absolute atomic E-state index is 13.9. The third-order valence-electron chi connectivity index (χ3n) is 3.61. The van der Waals surface area contributed by atoms with E-state index < -0.39 is 17.2 Å². The van der Waals surface area contributed by atoms with Crippen LogP contribution in [-0.2, 0) is 5.60 Å². The highest BCUT2D eigenvalue weighted by Gasteiger charge is 2.38. The molecule has 1 aromatic carbocycles. The summed E-state index contributed by atoms with van der Waals surface area (Å²) in [6, 6.07) is 2.52. The van der Waals surface area contributed by atoms with Crippen molar-refractivity contribution in [2.75, 3.05) is 0 Å². The van der Waals surface area contributed by atoms with Gasteiger partial charge in [-0.05, 0) is 59.7 Å². The first kappa shape index (κ1) is 13.0. The zero-order valence-electron chi connectivity index (χ0n) is 9.64. The lowest BCUT2D eigenvalue weighted by molar-refractivity contribution is -0.0181. The SMILES string of the molecule is CC1CCC(O)(c2c(F)ccc(Br)c2F)CC1. The maximum Gasteiger partial charge on any atom is 0.146 e. The molecule has 0 atom stereocenters. The minimum absolute atomic E-state index is 0.182. The Morgan fingerprint density at radius 1 is 1.29 bits per heavy atom. The zero-order chi connectivity index (χ0) is 12.6. The number of aliphatic hydroxyl groups is 1. The van der Waals surface area contributed by atoms with Crippen LogP contribution in [0.4, 0.5) is 8.78 Å². The largest absolute Gasteiger partial charge is 0.385 e. The Hall–Kier alpha value is -0.480. The average Bonchev–Trinajstić information content (AvgIpc) is 2.29. The molecule has 1 aliphatic carbocycles. The van der Waals surface area contributed by atoms with Crippen LogP contribution in [0.5, 0.6) is 0 Å². The number of rotatable bonds is 1. The molecule has 1 aromatic rings. The van der Waals surface area contributed by atoms with Gasteiger partial charge in [-0.15, -0.1) is 0 Å². The van der Waals surface area contributed by atoms with E-state index in [9.17, 15) is 13.9 Å². The van der Waals surface area contributed by atoms with E-state index in [4.69, 9.17) is 0 Å². The molecule has 0 saturated heterocycles. The Kier molecular flexibility index (Phi) is 3.55. The average molecular weight is 305 g/mol. The van der Waals surface area contributed by atoms with Gasteiger partial charge in [-0.1, -0.05) is 6.92 Å². The van der Waals surface area contributed by atoms with E-state index >= 15 is 0 Å². The fourth-order valence-electron chi connectivity index (χ4n) is 2.44. The van der Waals surface area contributed by atoms with Gasteiger partial charge in [-0.25, -0.2) is 8.78 Å². The molecule has 0 aromatic heterocycles. The lowest BCUT2D eigenvalue weighted by Gasteiger charge is -2.35. The van der Waals surface area contributed by atoms with Gasteiger partial charge in [-0.2, -0.15) is 0 Å². The zero-order valence-corrected chi connectivity index (χ0v) is 11.2. The van der Waals surface area contributed by atoms with Crippen molar-refractivity contribution in [3.8, 4) is 0 Å². The minimum Gasteiger partial charge on any atom is -0.385 e. The minimum atomic E-state index is -1.36. The van der Waals surface area contributed by atoms with Crippen molar-refractivity contribution in [2.24, 2.45) is 5.92 Å². The van der Waals surface area contributed by atoms with Crippen LogP contribution >= 0.6 is 15.9 Å². The van der Waals surface area contributed by atoms with E-state index in [1.165, 1.54) is 12.1 Å². The summed E-state index contributed by atoms with van der Waals surface area (Å²) < 4.78 is 27.9. The molecule has 0 spiro atoms. The van der Waals surface area contributed by atoms with Crippen LogP contribution in [0, 0.1) is 17.6 Å². The van der Waals surface area contributed by atoms with Crippen LogP contribution < -0.4 is 0 Å². The van der Waals surface area contributed by atoms with Crippen LogP contribution in [-0.4, -0.2) is 5.11 Å². The van der Waals surface area contributed by atoms with Crippen molar-refractivity contribution in [2.45, 2.75) is 38.2 Å². The number of hydrogen-bond donors (Lipinski definition) is 1. The molecule has 0 unspecified atom stereocenters. The first-order valence-corrected chi connectivity index (χ1v) is 6.60. The summed E-state index contributed by atoms with van der Waals surface area (Å²) in [6.45, 7) is 2.09. The van der Waals surface area contributed by atoms with E-state index in [-0.39, 0.29) is 10.0 Å². The first-order chi connectivity index (χ1) is 7.94. The fourth-order valence-corrected chi connectivity index (χ4v) is 2.77. The molecule has 1 saturated carbocycles. The number of hydrogen-bond acceptors (Lipinski definition) is 1. The summed E-state index contributed by atoms with van der Waals surface area (Å²) in [4.78, 5) is 0. The Balaban J connectivity index is 2.43. The van der Waals surface area contributed by atoms with E-state index in [0.717, 1.165) is 12.8 Å². The van der Waals surface area contributed by atoms with Crippen molar-refractivity contribution in [1.29, 1.82) is 0 Å². The predicted molar refractivity (Wildman–Crippen MR) is 65.6 cm³/mol. The monoisotopic (exact) mass is 304 g/mol. The molecule has 94 valence electrons. The summed E-state index contributed by atoms with van der Waals surface area (Å²) >= 11 is 3.03. The first-order valence-electron chi connectivity index (χ1n) is 5.80. The molecule has 4 heteroatoms. The maximum atomic E-state index is 13.9. The van der Waals surface area contributed by atoms with E-state index in [1.807, 2.05) is 0 Å². The second-order valence-electron chi connectivity index (χ2n) is 4.93. The van der Waals surface area contributed by atoms with Gasteiger partial charge in [-0.3, -0.25) is 0 Å². The molecule has 17 heavy (non-hydrogen) atoms. The third kappa shape index (κ3) is 2.38. The standard InChI is InChI=1S/C13H15BrF2O/c1-8-4-6-13(17,7-5-8)11-10(15)3-2-9(14)12(11)16/h2-3,8,17H,4-7H2,1H3. The van der Waals surface area contributed by atoms with Crippen LogP contribution in [0.1, 0.15) is 38.2 Å². The van der Waals surface area contributed by atoms with Gasteiger partial charge in [0.25, 0.3) is 0 Å². The summed E-state index contributed by atoms with van der Waals surface area (Å²) in [6.07, 6.45) is 2.42. The topological polar surface area (TPSA) is 20.2 Å². The van der Waals surface area contributed by atoms with E-state index in [0.29, 0.717) is 18.8 Å². The van der Waals surface area contributed by atoms with Crippen LogP contribution in [0.15, 0.2) is 16.6 Å². The molecular formula is C13H15BrF2O. The lowest BCUT2D eigenvalue weighted by Crippen LogP contribution is -2.33. The van der Waals surface area contributed by atoms with Gasteiger partial charge in [0, 0.05) is 0 Å². The van der Waals surface area contributed by atoms with Crippen molar-refractivity contribution in [1.82, 2.24) is 0 Å². The van der Waals surface area contributed by atoms with Gasteiger partial charge in [0.2, 0.25) is 0 Å². The Bertz CT molecular complexity index is 426.